The van der Waals surface area contributed by atoms with Crippen LogP contribution in [0.2, 0.25) is 0 Å². The summed E-state index contributed by atoms with van der Waals surface area (Å²) in [5.41, 5.74) is 4.03. The Morgan fingerprint density at radius 1 is 0.885 bits per heavy atom. The number of carbonyl (C=O) groups is 1. The van der Waals surface area contributed by atoms with Crippen LogP contribution >= 0.6 is 11.8 Å². The lowest BCUT2D eigenvalue weighted by Crippen LogP contribution is -2.33. The minimum absolute atomic E-state index is 0.179. The molecule has 3 aromatic carbocycles. The molecule has 1 N–H and O–H groups in total. The van der Waals surface area contributed by atoms with E-state index in [1.807, 2.05) is 92.7 Å². The number of pyridine rings is 2. The van der Waals surface area contributed by atoms with Gasteiger partial charge in [-0.05, 0) is 60.4 Å². The van der Waals surface area contributed by atoms with Crippen molar-refractivity contribution in [3.63, 3.8) is 0 Å². The summed E-state index contributed by atoms with van der Waals surface area (Å²) in [4.78, 5) is 22.3. The van der Waals surface area contributed by atoms with Crippen molar-refractivity contribution in [2.24, 2.45) is 5.41 Å². The quantitative estimate of drug-likeness (QED) is 0.127. The molecule has 0 saturated carbocycles. The number of rotatable bonds is 12. The van der Waals surface area contributed by atoms with Gasteiger partial charge in [0.25, 0.3) is 0 Å². The van der Waals surface area contributed by atoms with Gasteiger partial charge in [-0.15, -0.1) is 11.8 Å². The molecule has 0 amide bonds. The van der Waals surface area contributed by atoms with Gasteiger partial charge < -0.3 is 14.4 Å². The summed E-state index contributed by atoms with van der Waals surface area (Å²) in [6.07, 6.45) is -1.97. The number of aliphatic carboxylic acids is 1. The zero-order chi connectivity index (χ0) is 37.3. The topological polar surface area (TPSA) is 77.2 Å². The lowest BCUT2D eigenvalue weighted by Gasteiger charge is -2.29. The zero-order valence-electron chi connectivity index (χ0n) is 29.9. The second kappa shape index (κ2) is 14.7. The smallest absolute Gasteiger partial charge is 0.433 e. The molecule has 6 aromatic rings. The fourth-order valence-electron chi connectivity index (χ4n) is 6.48. The highest BCUT2D eigenvalue weighted by Gasteiger charge is 2.38. The Morgan fingerprint density at radius 2 is 1.60 bits per heavy atom. The van der Waals surface area contributed by atoms with Crippen molar-refractivity contribution in [2.75, 3.05) is 0 Å². The number of nitrogens with zero attached hydrogens (tertiary/aromatic N) is 3. The Hall–Kier alpha value is -4.83. The Kier molecular flexibility index (Phi) is 10.4. The molecular formula is C42H42F3N3O3S. The largest absolute Gasteiger partial charge is 0.487 e. The van der Waals surface area contributed by atoms with E-state index in [1.54, 1.807) is 11.8 Å². The van der Waals surface area contributed by atoms with E-state index in [4.69, 9.17) is 9.72 Å². The lowest BCUT2D eigenvalue weighted by molar-refractivity contribution is -0.149. The molecule has 0 spiro atoms. The van der Waals surface area contributed by atoms with E-state index >= 15 is 0 Å². The van der Waals surface area contributed by atoms with Gasteiger partial charge in [0.15, 0.2) is 0 Å². The van der Waals surface area contributed by atoms with Crippen LogP contribution in [0.3, 0.4) is 0 Å². The van der Waals surface area contributed by atoms with Gasteiger partial charge in [0, 0.05) is 56.4 Å². The van der Waals surface area contributed by atoms with Gasteiger partial charge in [-0.1, -0.05) is 89.2 Å². The van der Waals surface area contributed by atoms with Crippen LogP contribution in [0.25, 0.3) is 32.9 Å². The molecule has 0 fully saturated rings. The van der Waals surface area contributed by atoms with Crippen LogP contribution in [0, 0.1) is 5.41 Å². The Balaban J connectivity index is 1.40. The number of thioether (sulfide) groups is 1. The number of benzene rings is 3. The zero-order valence-corrected chi connectivity index (χ0v) is 30.7. The predicted molar refractivity (Wildman–Crippen MR) is 202 cm³/mol. The molecule has 0 saturated heterocycles. The van der Waals surface area contributed by atoms with E-state index in [0.29, 0.717) is 43.7 Å². The maximum absolute atomic E-state index is 13.1. The van der Waals surface area contributed by atoms with Gasteiger partial charge in [0.1, 0.15) is 18.1 Å². The number of halogens is 3. The molecule has 0 radical (unpaired) electrons. The summed E-state index contributed by atoms with van der Waals surface area (Å²) in [6.45, 7) is 11.1. The molecule has 0 aliphatic rings. The maximum Gasteiger partial charge on any atom is 0.433 e. The second-order valence-electron chi connectivity index (χ2n) is 14.1. The van der Waals surface area contributed by atoms with E-state index in [1.165, 1.54) is 12.3 Å². The summed E-state index contributed by atoms with van der Waals surface area (Å²) in [5, 5.41) is 12.6. The van der Waals surface area contributed by atoms with Gasteiger partial charge in [0.2, 0.25) is 0 Å². The van der Waals surface area contributed by atoms with E-state index in [0.717, 1.165) is 55.3 Å². The summed E-state index contributed by atoms with van der Waals surface area (Å²) in [5.74, 6) is -0.130. The highest BCUT2D eigenvalue weighted by molar-refractivity contribution is 8.00. The molecule has 0 atom stereocenters. The molecular weight excluding hydrogens is 684 g/mol. The van der Waals surface area contributed by atoms with Crippen molar-refractivity contribution in [3.05, 3.63) is 120 Å². The third kappa shape index (κ3) is 7.97. The van der Waals surface area contributed by atoms with Crippen molar-refractivity contribution in [3.8, 4) is 16.9 Å². The third-order valence-electron chi connectivity index (χ3n) is 9.54. The molecule has 0 unspecified atom stereocenters. The van der Waals surface area contributed by atoms with E-state index < -0.39 is 23.3 Å². The first-order valence-corrected chi connectivity index (χ1v) is 18.2. The number of aromatic nitrogens is 3. The first kappa shape index (κ1) is 36.9. The fraction of sp³-hybridized carbons (Fsp3) is 0.310. The van der Waals surface area contributed by atoms with Crippen LogP contribution in [-0.2, 0) is 30.5 Å². The number of carboxylic acids is 1. The third-order valence-corrected chi connectivity index (χ3v) is 10.8. The van der Waals surface area contributed by atoms with Crippen LogP contribution in [0.4, 0.5) is 13.2 Å². The number of alkyl halides is 3. The van der Waals surface area contributed by atoms with Gasteiger partial charge in [-0.25, -0.2) is 4.98 Å². The van der Waals surface area contributed by atoms with Crippen LogP contribution < -0.4 is 4.74 Å². The average molecular weight is 726 g/mol. The van der Waals surface area contributed by atoms with Gasteiger partial charge in [-0.2, -0.15) is 13.2 Å². The van der Waals surface area contributed by atoms with E-state index in [2.05, 4.69) is 30.3 Å². The normalized spacial score (nSPS) is 12.5. The fourth-order valence-corrected chi connectivity index (χ4v) is 7.67. The monoisotopic (exact) mass is 725 g/mol. The number of hydrogen-bond acceptors (Lipinski definition) is 5. The molecule has 10 heteroatoms. The van der Waals surface area contributed by atoms with Crippen LogP contribution in [-0.4, -0.2) is 30.4 Å². The minimum Gasteiger partial charge on any atom is -0.487 e. The Labute approximate surface area is 306 Å². The van der Waals surface area contributed by atoms with Gasteiger partial charge in [0.05, 0.1) is 16.6 Å². The molecule has 0 aliphatic heterocycles. The predicted octanol–water partition coefficient (Wildman–Crippen LogP) is 11.2. The van der Waals surface area contributed by atoms with Crippen molar-refractivity contribution in [1.82, 2.24) is 14.5 Å². The molecule has 52 heavy (non-hydrogen) atoms. The van der Waals surface area contributed by atoms with Gasteiger partial charge >= 0.3 is 12.1 Å². The molecule has 0 bridgehead atoms. The molecule has 270 valence electrons. The number of para-hydroxylation sites is 1. The molecule has 0 aliphatic carbocycles. The van der Waals surface area contributed by atoms with Crippen molar-refractivity contribution >= 4 is 39.5 Å². The minimum atomic E-state index is -4.50. The van der Waals surface area contributed by atoms with Crippen LogP contribution in [0.5, 0.6) is 5.75 Å². The number of carboxylic acid groups (broad SMARTS) is 1. The highest BCUT2D eigenvalue weighted by Crippen LogP contribution is 2.45. The van der Waals surface area contributed by atoms with Crippen molar-refractivity contribution in [1.29, 1.82) is 0 Å². The molecule has 3 aromatic heterocycles. The van der Waals surface area contributed by atoms with Crippen molar-refractivity contribution in [2.45, 2.75) is 82.9 Å². The number of ether oxygens (including phenoxy) is 1. The Morgan fingerprint density at radius 3 is 2.23 bits per heavy atom. The molecule has 6 rings (SSSR count). The SMILES string of the molecule is CCC(CC)(Cc1c(SC(C)(C)C)c2cc(OCc3ccc4ccccc4n3)ccc2n1Cc1ccc(-c2ccc(C(F)(F)F)nc2)cc1)C(=O)O. The Bertz CT molecular complexity index is 2200. The standard InChI is InChI=1S/C42H42F3N3O3S/c1-6-41(7-2,39(49)50)23-36-38(52-40(3,4)5)33-22-32(51-26-31-18-16-29-10-8-9-11-34(29)47-31)19-20-35(33)48(36)25-27-12-14-28(15-13-27)30-17-21-37(46-24-30)42(43,44)45/h8-22,24H,6-7,23,25-26H2,1-5H3,(H,49,50). The van der Waals surface area contributed by atoms with E-state index in [9.17, 15) is 23.1 Å². The summed E-state index contributed by atoms with van der Waals surface area (Å²) < 4.78 is 47.6. The highest BCUT2D eigenvalue weighted by atomic mass is 32.2. The number of hydrogen-bond donors (Lipinski definition) is 1. The summed E-state index contributed by atoms with van der Waals surface area (Å²) >= 11 is 1.72. The van der Waals surface area contributed by atoms with Gasteiger partial charge in [-0.3, -0.25) is 9.78 Å². The first-order chi connectivity index (χ1) is 24.7. The first-order valence-electron chi connectivity index (χ1n) is 17.4. The van der Waals surface area contributed by atoms with Crippen LogP contribution in [0.15, 0.2) is 102 Å². The summed E-state index contributed by atoms with van der Waals surface area (Å²) in [7, 11) is 0. The summed E-state index contributed by atoms with van der Waals surface area (Å²) in [6, 6.07) is 28.1. The number of fused-ring (bicyclic) bond motifs is 2. The van der Waals surface area contributed by atoms with E-state index in [-0.39, 0.29) is 4.75 Å². The second-order valence-corrected chi connectivity index (χ2v) is 16.0. The van der Waals surface area contributed by atoms with Crippen molar-refractivity contribution < 1.29 is 27.8 Å². The molecule has 3 heterocycles. The average Bonchev–Trinajstić information content (AvgIpc) is 3.38. The lowest BCUT2D eigenvalue weighted by atomic mass is 9.78. The van der Waals surface area contributed by atoms with Crippen LogP contribution in [0.1, 0.15) is 70.1 Å². The molecule has 6 nitrogen and oxygen atoms in total. The maximum atomic E-state index is 13.1.